The summed E-state index contributed by atoms with van der Waals surface area (Å²) in [4.78, 5) is 5.65. The van der Waals surface area contributed by atoms with Crippen LogP contribution in [0.25, 0.3) is 0 Å². The summed E-state index contributed by atoms with van der Waals surface area (Å²) in [7, 11) is 0. The molecule has 0 atom stereocenters. The van der Waals surface area contributed by atoms with Gasteiger partial charge in [0, 0.05) is 17.6 Å². The first-order valence-corrected chi connectivity index (χ1v) is 7.87. The van der Waals surface area contributed by atoms with E-state index >= 15 is 0 Å². The van der Waals surface area contributed by atoms with Crippen LogP contribution in [0.1, 0.15) is 42.1 Å². The Morgan fingerprint density at radius 2 is 2.20 bits per heavy atom. The van der Waals surface area contributed by atoms with E-state index in [1.54, 1.807) is 11.3 Å². The van der Waals surface area contributed by atoms with Gasteiger partial charge in [0.1, 0.15) is 17.4 Å². The SMILES string of the molecule is CCNCc1cnc(COc2cccc(C(C)C)c2)s1. The number of hydrogen-bond acceptors (Lipinski definition) is 4. The molecule has 0 saturated carbocycles. The molecule has 0 saturated heterocycles. The average molecular weight is 290 g/mol. The fraction of sp³-hybridized carbons (Fsp3) is 0.438. The molecule has 1 aromatic carbocycles. The maximum absolute atomic E-state index is 5.83. The van der Waals surface area contributed by atoms with Crippen molar-refractivity contribution in [2.45, 2.75) is 39.8 Å². The van der Waals surface area contributed by atoms with Crippen LogP contribution in [0, 0.1) is 0 Å². The molecule has 1 heterocycles. The molecule has 4 heteroatoms. The summed E-state index contributed by atoms with van der Waals surface area (Å²) < 4.78 is 5.83. The van der Waals surface area contributed by atoms with Gasteiger partial charge < -0.3 is 10.1 Å². The summed E-state index contributed by atoms with van der Waals surface area (Å²) in [6.07, 6.45) is 1.93. The summed E-state index contributed by atoms with van der Waals surface area (Å²) in [6.45, 7) is 8.88. The zero-order chi connectivity index (χ0) is 14.4. The van der Waals surface area contributed by atoms with Crippen LogP contribution in [0.5, 0.6) is 5.75 Å². The maximum atomic E-state index is 5.83. The van der Waals surface area contributed by atoms with E-state index in [-0.39, 0.29) is 0 Å². The van der Waals surface area contributed by atoms with Gasteiger partial charge in [-0.1, -0.05) is 32.9 Å². The van der Waals surface area contributed by atoms with Crippen molar-refractivity contribution in [1.82, 2.24) is 10.3 Å². The molecule has 1 aromatic heterocycles. The first-order valence-electron chi connectivity index (χ1n) is 7.06. The summed E-state index contributed by atoms with van der Waals surface area (Å²) in [5.74, 6) is 1.43. The van der Waals surface area contributed by atoms with Gasteiger partial charge in [0.25, 0.3) is 0 Å². The standard InChI is InChI=1S/C16H22N2OS/c1-4-17-9-15-10-18-16(20-15)11-19-14-7-5-6-13(8-14)12(2)3/h5-8,10,12,17H,4,9,11H2,1-3H3. The first kappa shape index (κ1) is 15.0. The lowest BCUT2D eigenvalue weighted by molar-refractivity contribution is 0.305. The van der Waals surface area contributed by atoms with Gasteiger partial charge in [-0.25, -0.2) is 4.98 Å². The number of benzene rings is 1. The predicted molar refractivity (Wildman–Crippen MR) is 84.4 cm³/mol. The highest BCUT2D eigenvalue weighted by molar-refractivity contribution is 7.11. The molecule has 108 valence electrons. The number of nitrogens with one attached hydrogen (secondary N) is 1. The Bertz CT molecular complexity index is 537. The molecular weight excluding hydrogens is 268 g/mol. The Balaban J connectivity index is 1.91. The van der Waals surface area contributed by atoms with Crippen molar-refractivity contribution in [3.63, 3.8) is 0 Å². The summed E-state index contributed by atoms with van der Waals surface area (Å²) >= 11 is 1.70. The molecule has 3 nitrogen and oxygen atoms in total. The van der Waals surface area contributed by atoms with Crippen LogP contribution in [0.15, 0.2) is 30.5 Å². The van der Waals surface area contributed by atoms with Gasteiger partial charge in [0.15, 0.2) is 0 Å². The normalized spacial score (nSPS) is 11.0. The maximum Gasteiger partial charge on any atom is 0.140 e. The molecule has 0 aliphatic carbocycles. The van der Waals surface area contributed by atoms with Crippen LogP contribution in [-0.4, -0.2) is 11.5 Å². The quantitative estimate of drug-likeness (QED) is 0.838. The Morgan fingerprint density at radius 1 is 1.35 bits per heavy atom. The lowest BCUT2D eigenvalue weighted by Gasteiger charge is -2.08. The van der Waals surface area contributed by atoms with E-state index in [1.165, 1.54) is 10.4 Å². The van der Waals surface area contributed by atoms with Crippen molar-refractivity contribution in [1.29, 1.82) is 0 Å². The second-order valence-electron chi connectivity index (χ2n) is 5.02. The van der Waals surface area contributed by atoms with E-state index in [4.69, 9.17) is 4.74 Å². The molecule has 1 N–H and O–H groups in total. The Kier molecular flexibility index (Phi) is 5.56. The highest BCUT2D eigenvalue weighted by atomic mass is 32.1. The number of ether oxygens (including phenoxy) is 1. The van der Waals surface area contributed by atoms with Crippen molar-refractivity contribution in [3.8, 4) is 5.75 Å². The molecule has 20 heavy (non-hydrogen) atoms. The van der Waals surface area contributed by atoms with Crippen LogP contribution in [0.4, 0.5) is 0 Å². The van der Waals surface area contributed by atoms with Crippen molar-refractivity contribution in [2.24, 2.45) is 0 Å². The van der Waals surface area contributed by atoms with Gasteiger partial charge >= 0.3 is 0 Å². The Hall–Kier alpha value is -1.39. The molecular formula is C16H22N2OS. The lowest BCUT2D eigenvalue weighted by atomic mass is 10.0. The zero-order valence-corrected chi connectivity index (χ0v) is 13.2. The minimum Gasteiger partial charge on any atom is -0.486 e. The molecule has 0 bridgehead atoms. The van der Waals surface area contributed by atoms with Crippen LogP contribution in [-0.2, 0) is 13.2 Å². The van der Waals surface area contributed by atoms with Crippen molar-refractivity contribution < 1.29 is 4.74 Å². The van der Waals surface area contributed by atoms with Crippen LogP contribution >= 0.6 is 11.3 Å². The minimum atomic E-state index is 0.519. The smallest absolute Gasteiger partial charge is 0.140 e. The Labute approximate surface area is 125 Å². The fourth-order valence-corrected chi connectivity index (χ4v) is 2.66. The minimum absolute atomic E-state index is 0.519. The molecule has 0 amide bonds. The molecule has 0 fully saturated rings. The summed E-state index contributed by atoms with van der Waals surface area (Å²) in [6, 6.07) is 8.29. The lowest BCUT2D eigenvalue weighted by Crippen LogP contribution is -2.10. The van der Waals surface area contributed by atoms with Gasteiger partial charge in [-0.3, -0.25) is 0 Å². The third-order valence-electron chi connectivity index (χ3n) is 3.04. The number of hydrogen-bond donors (Lipinski definition) is 1. The largest absolute Gasteiger partial charge is 0.486 e. The predicted octanol–water partition coefficient (Wildman–Crippen LogP) is 3.96. The molecule has 0 aliphatic heterocycles. The fourth-order valence-electron chi connectivity index (χ4n) is 1.85. The molecule has 0 aliphatic rings. The van der Waals surface area contributed by atoms with Gasteiger partial charge in [-0.2, -0.15) is 0 Å². The van der Waals surface area contributed by atoms with Gasteiger partial charge in [-0.15, -0.1) is 11.3 Å². The van der Waals surface area contributed by atoms with Crippen LogP contribution in [0.3, 0.4) is 0 Å². The van der Waals surface area contributed by atoms with E-state index in [9.17, 15) is 0 Å². The second-order valence-corrected chi connectivity index (χ2v) is 6.22. The van der Waals surface area contributed by atoms with E-state index < -0.39 is 0 Å². The van der Waals surface area contributed by atoms with Crippen molar-refractivity contribution in [3.05, 3.63) is 45.9 Å². The van der Waals surface area contributed by atoms with E-state index in [0.717, 1.165) is 23.8 Å². The van der Waals surface area contributed by atoms with E-state index in [1.807, 2.05) is 18.3 Å². The molecule has 0 radical (unpaired) electrons. The second kappa shape index (κ2) is 7.41. The molecule has 2 rings (SSSR count). The van der Waals surface area contributed by atoms with Gasteiger partial charge in [-0.05, 0) is 30.2 Å². The van der Waals surface area contributed by atoms with Gasteiger partial charge in [0.2, 0.25) is 0 Å². The third-order valence-corrected chi connectivity index (χ3v) is 4.01. The summed E-state index contributed by atoms with van der Waals surface area (Å²) in [5, 5.41) is 4.32. The van der Waals surface area contributed by atoms with E-state index in [0.29, 0.717) is 12.5 Å². The van der Waals surface area contributed by atoms with Crippen LogP contribution < -0.4 is 10.1 Å². The number of aromatic nitrogens is 1. The van der Waals surface area contributed by atoms with Crippen molar-refractivity contribution >= 4 is 11.3 Å². The number of thiazole rings is 1. The van der Waals surface area contributed by atoms with Gasteiger partial charge in [0.05, 0.1) is 0 Å². The monoisotopic (exact) mass is 290 g/mol. The third kappa shape index (κ3) is 4.32. The average Bonchev–Trinajstić information content (AvgIpc) is 2.91. The zero-order valence-electron chi connectivity index (χ0n) is 12.3. The number of nitrogens with zero attached hydrogens (tertiary/aromatic N) is 1. The molecule has 2 aromatic rings. The highest BCUT2D eigenvalue weighted by Crippen LogP contribution is 2.21. The number of rotatable bonds is 7. The topological polar surface area (TPSA) is 34.2 Å². The summed E-state index contributed by atoms with van der Waals surface area (Å²) in [5.41, 5.74) is 1.30. The Morgan fingerprint density at radius 3 is 2.95 bits per heavy atom. The molecule has 0 unspecified atom stereocenters. The van der Waals surface area contributed by atoms with E-state index in [2.05, 4.69) is 43.2 Å². The van der Waals surface area contributed by atoms with Crippen LogP contribution in [0.2, 0.25) is 0 Å². The van der Waals surface area contributed by atoms with Crippen molar-refractivity contribution in [2.75, 3.05) is 6.54 Å². The highest BCUT2D eigenvalue weighted by Gasteiger charge is 2.04. The first-order chi connectivity index (χ1) is 9.69. The molecule has 0 spiro atoms.